The van der Waals surface area contributed by atoms with Crippen molar-refractivity contribution in [3.63, 3.8) is 0 Å². The molecule has 3 N–H and O–H groups in total. The van der Waals surface area contributed by atoms with Gasteiger partial charge in [-0.05, 0) is 43.3 Å². The molecule has 8 nitrogen and oxygen atoms in total. The van der Waals surface area contributed by atoms with E-state index < -0.39 is 10.0 Å². The zero-order valence-electron chi connectivity index (χ0n) is 14.8. The highest BCUT2D eigenvalue weighted by Crippen LogP contribution is 2.13. The van der Waals surface area contributed by atoms with Gasteiger partial charge in [0.15, 0.2) is 5.82 Å². The monoisotopic (exact) mass is 384 g/mol. The molecule has 0 aliphatic carbocycles. The Hall–Kier alpha value is -3.04. The molecule has 0 bridgehead atoms. The number of aromatic nitrogens is 3. The van der Waals surface area contributed by atoms with Crippen LogP contribution in [0.3, 0.4) is 0 Å². The van der Waals surface area contributed by atoms with E-state index in [-0.39, 0.29) is 11.4 Å². The summed E-state index contributed by atoms with van der Waals surface area (Å²) in [6.07, 6.45) is 3.38. The maximum absolute atomic E-state index is 12.2. The first kappa shape index (κ1) is 18.7. The molecule has 0 spiro atoms. The minimum Gasteiger partial charge on any atom is -0.367 e. The quantitative estimate of drug-likeness (QED) is 0.511. The summed E-state index contributed by atoms with van der Waals surface area (Å²) in [6, 6.07) is 13.9. The average Bonchev–Trinajstić information content (AvgIpc) is 2.68. The molecule has 0 atom stereocenters. The van der Waals surface area contributed by atoms with Gasteiger partial charge in [0, 0.05) is 19.3 Å². The molecule has 3 rings (SSSR count). The number of nitrogens with one attached hydrogen (secondary N) is 3. The standard InChI is InChI=1S/C18H20N6O2S/c1-14-4-6-16(7-5-14)27(25,26)21-12-11-20-17-8-9-18(24-23-17)22-15-3-2-10-19-13-15/h2-10,13,21H,11-12H2,1H3,(H,20,23)(H,22,24). The van der Waals surface area contributed by atoms with E-state index in [0.717, 1.165) is 11.3 Å². The highest BCUT2D eigenvalue weighted by molar-refractivity contribution is 7.89. The van der Waals surface area contributed by atoms with Crippen LogP contribution in [0.25, 0.3) is 0 Å². The fourth-order valence-corrected chi connectivity index (χ4v) is 3.29. The molecule has 2 aromatic heterocycles. The molecule has 3 aromatic rings. The first-order valence-corrected chi connectivity index (χ1v) is 9.82. The van der Waals surface area contributed by atoms with Crippen LogP contribution in [-0.4, -0.2) is 36.7 Å². The summed E-state index contributed by atoms with van der Waals surface area (Å²) in [5.74, 6) is 1.15. The van der Waals surface area contributed by atoms with Crippen LogP contribution in [0.4, 0.5) is 17.3 Å². The molecule has 0 unspecified atom stereocenters. The summed E-state index contributed by atoms with van der Waals surface area (Å²) in [7, 11) is -3.51. The van der Waals surface area contributed by atoms with Gasteiger partial charge in [-0.25, -0.2) is 13.1 Å². The van der Waals surface area contributed by atoms with Crippen molar-refractivity contribution in [1.82, 2.24) is 19.9 Å². The smallest absolute Gasteiger partial charge is 0.240 e. The van der Waals surface area contributed by atoms with Crippen LogP contribution in [0.15, 0.2) is 65.8 Å². The van der Waals surface area contributed by atoms with E-state index in [9.17, 15) is 8.42 Å². The molecule has 140 valence electrons. The second-order valence-electron chi connectivity index (χ2n) is 5.81. The number of hydrogen-bond acceptors (Lipinski definition) is 7. The molecule has 9 heteroatoms. The predicted octanol–water partition coefficient (Wildman–Crippen LogP) is 2.31. The van der Waals surface area contributed by atoms with Crippen LogP contribution in [0.5, 0.6) is 0 Å². The van der Waals surface area contributed by atoms with Crippen LogP contribution in [0.1, 0.15) is 5.56 Å². The number of rotatable bonds is 8. The fraction of sp³-hybridized carbons (Fsp3) is 0.167. The second kappa shape index (κ2) is 8.56. The van der Waals surface area contributed by atoms with Gasteiger partial charge in [-0.1, -0.05) is 17.7 Å². The van der Waals surface area contributed by atoms with E-state index in [4.69, 9.17) is 0 Å². The van der Waals surface area contributed by atoms with E-state index in [1.807, 2.05) is 19.1 Å². The predicted molar refractivity (Wildman–Crippen MR) is 104 cm³/mol. The largest absolute Gasteiger partial charge is 0.367 e. The number of nitrogens with zero attached hydrogens (tertiary/aromatic N) is 3. The highest BCUT2D eigenvalue weighted by atomic mass is 32.2. The van der Waals surface area contributed by atoms with Crippen molar-refractivity contribution in [2.75, 3.05) is 23.7 Å². The lowest BCUT2D eigenvalue weighted by Crippen LogP contribution is -2.29. The summed E-state index contributed by atoms with van der Waals surface area (Å²) in [5.41, 5.74) is 1.83. The average molecular weight is 384 g/mol. The molecule has 0 saturated carbocycles. The van der Waals surface area contributed by atoms with Crippen molar-refractivity contribution in [3.05, 3.63) is 66.5 Å². The van der Waals surface area contributed by atoms with Gasteiger partial charge in [-0.15, -0.1) is 10.2 Å². The lowest BCUT2D eigenvalue weighted by atomic mass is 10.2. The van der Waals surface area contributed by atoms with Crippen LogP contribution in [0, 0.1) is 6.92 Å². The number of aryl methyl sites for hydroxylation is 1. The molecule has 0 aliphatic rings. The van der Waals surface area contributed by atoms with Gasteiger partial charge in [0.1, 0.15) is 5.82 Å². The lowest BCUT2D eigenvalue weighted by Gasteiger charge is -2.09. The first-order chi connectivity index (χ1) is 13.0. The summed E-state index contributed by atoms with van der Waals surface area (Å²) < 4.78 is 26.9. The van der Waals surface area contributed by atoms with Crippen LogP contribution < -0.4 is 15.4 Å². The number of sulfonamides is 1. The maximum Gasteiger partial charge on any atom is 0.240 e. The Balaban J connectivity index is 1.47. The van der Waals surface area contributed by atoms with Crippen molar-refractivity contribution in [2.45, 2.75) is 11.8 Å². The zero-order valence-corrected chi connectivity index (χ0v) is 15.6. The van der Waals surface area contributed by atoms with Gasteiger partial charge in [0.25, 0.3) is 0 Å². The summed E-state index contributed by atoms with van der Waals surface area (Å²) in [4.78, 5) is 4.26. The zero-order chi connectivity index (χ0) is 19.1. The number of hydrogen-bond donors (Lipinski definition) is 3. The maximum atomic E-state index is 12.2. The molecule has 0 fully saturated rings. The Labute approximate surface area is 158 Å². The van der Waals surface area contributed by atoms with Gasteiger partial charge >= 0.3 is 0 Å². The Morgan fingerprint density at radius 1 is 0.926 bits per heavy atom. The Morgan fingerprint density at radius 3 is 2.33 bits per heavy atom. The summed E-state index contributed by atoms with van der Waals surface area (Å²) >= 11 is 0. The SMILES string of the molecule is Cc1ccc(S(=O)(=O)NCCNc2ccc(Nc3cccnc3)nn2)cc1. The third-order valence-electron chi connectivity index (χ3n) is 3.65. The third-order valence-corrected chi connectivity index (χ3v) is 5.13. The molecule has 1 aromatic carbocycles. The van der Waals surface area contributed by atoms with Crippen molar-refractivity contribution in [3.8, 4) is 0 Å². The minimum atomic E-state index is -3.51. The summed E-state index contributed by atoms with van der Waals surface area (Å²) in [5, 5.41) is 14.2. The van der Waals surface area contributed by atoms with E-state index in [1.165, 1.54) is 0 Å². The van der Waals surface area contributed by atoms with Crippen molar-refractivity contribution < 1.29 is 8.42 Å². The minimum absolute atomic E-state index is 0.230. The molecular formula is C18H20N6O2S. The fourth-order valence-electron chi connectivity index (χ4n) is 2.25. The van der Waals surface area contributed by atoms with Gasteiger partial charge in [-0.3, -0.25) is 4.98 Å². The Kier molecular flexibility index (Phi) is 5.94. The van der Waals surface area contributed by atoms with E-state index in [2.05, 4.69) is 30.5 Å². The van der Waals surface area contributed by atoms with Gasteiger partial charge in [-0.2, -0.15) is 0 Å². The lowest BCUT2D eigenvalue weighted by molar-refractivity contribution is 0.583. The van der Waals surface area contributed by atoms with Crippen molar-refractivity contribution in [2.24, 2.45) is 0 Å². The normalized spacial score (nSPS) is 11.1. The van der Waals surface area contributed by atoms with Gasteiger partial charge in [0.05, 0.1) is 16.8 Å². The summed E-state index contributed by atoms with van der Waals surface area (Å²) in [6.45, 7) is 2.52. The van der Waals surface area contributed by atoms with Gasteiger partial charge in [0.2, 0.25) is 10.0 Å². The molecular weight excluding hydrogens is 364 g/mol. The molecule has 0 saturated heterocycles. The molecule has 2 heterocycles. The van der Waals surface area contributed by atoms with Crippen molar-refractivity contribution >= 4 is 27.3 Å². The molecule has 0 aliphatic heterocycles. The topological polar surface area (TPSA) is 109 Å². The third kappa shape index (κ3) is 5.47. The van der Waals surface area contributed by atoms with E-state index in [1.54, 1.807) is 48.8 Å². The number of anilines is 3. The Morgan fingerprint density at radius 2 is 1.67 bits per heavy atom. The first-order valence-electron chi connectivity index (χ1n) is 8.34. The van der Waals surface area contributed by atoms with Gasteiger partial charge < -0.3 is 10.6 Å². The van der Waals surface area contributed by atoms with Crippen molar-refractivity contribution in [1.29, 1.82) is 0 Å². The molecule has 0 radical (unpaired) electrons. The number of pyridine rings is 1. The van der Waals surface area contributed by atoms with Crippen LogP contribution in [0.2, 0.25) is 0 Å². The second-order valence-corrected chi connectivity index (χ2v) is 7.58. The van der Waals surface area contributed by atoms with E-state index >= 15 is 0 Å². The van der Waals surface area contributed by atoms with E-state index in [0.29, 0.717) is 18.2 Å². The highest BCUT2D eigenvalue weighted by Gasteiger charge is 2.12. The molecule has 0 amide bonds. The number of benzene rings is 1. The van der Waals surface area contributed by atoms with Crippen LogP contribution in [-0.2, 0) is 10.0 Å². The Bertz CT molecular complexity index is 961. The molecule has 27 heavy (non-hydrogen) atoms. The van der Waals surface area contributed by atoms with Crippen LogP contribution >= 0.6 is 0 Å².